The number of carbonyl (C=O) groups excluding carboxylic acids is 3. The number of nitrogens with zero attached hydrogens (tertiary/aromatic N) is 3. The molecule has 4 heterocycles. The predicted molar refractivity (Wildman–Crippen MR) is 190 cm³/mol. The number of hydrogen-bond donors (Lipinski definition) is 3. The molecule has 0 bridgehead atoms. The van der Waals surface area contributed by atoms with Crippen LogP contribution in [0.15, 0.2) is 66.7 Å². The van der Waals surface area contributed by atoms with Crippen LogP contribution in [0.3, 0.4) is 0 Å². The van der Waals surface area contributed by atoms with Crippen molar-refractivity contribution < 1.29 is 29.0 Å². The summed E-state index contributed by atoms with van der Waals surface area (Å²) in [6, 6.07) is 20.6. The normalized spacial score (nSPS) is 26.8. The Labute approximate surface area is 292 Å². The molecule has 4 aliphatic heterocycles. The molecule has 0 unspecified atom stereocenters. The summed E-state index contributed by atoms with van der Waals surface area (Å²) in [6.07, 6.45) is -0.211. The molecule has 12 heteroatoms. The second-order valence-corrected chi connectivity index (χ2v) is 18.8. The maximum absolute atomic E-state index is 14.9. The van der Waals surface area contributed by atoms with E-state index in [-0.39, 0.29) is 49.9 Å². The largest absolute Gasteiger partial charge is 0.432 e. The summed E-state index contributed by atoms with van der Waals surface area (Å²) < 4.78 is 6.91. The summed E-state index contributed by atoms with van der Waals surface area (Å²) in [5.74, 6) is -0.917. The second-order valence-electron chi connectivity index (χ2n) is 14.3. The average Bonchev–Trinajstić information content (AvgIpc) is 3.50. The lowest BCUT2D eigenvalue weighted by molar-refractivity contribution is -0.151. The predicted octanol–water partition coefficient (Wildman–Crippen LogP) is 3.96. The fourth-order valence-corrected chi connectivity index (χ4v) is 11.3. The lowest BCUT2D eigenvalue weighted by Gasteiger charge is -2.37. The highest BCUT2D eigenvalue weighted by Gasteiger charge is 2.66. The number of hydrogen-bond acceptors (Lipinski definition) is 7. The van der Waals surface area contributed by atoms with E-state index < -0.39 is 31.5 Å². The van der Waals surface area contributed by atoms with Crippen molar-refractivity contribution in [2.24, 2.45) is 5.92 Å². The van der Waals surface area contributed by atoms with Crippen LogP contribution in [0.2, 0.25) is 23.7 Å². The van der Waals surface area contributed by atoms with Crippen molar-refractivity contribution in [3.05, 3.63) is 94.0 Å². The number of aliphatic hydroxyl groups excluding tert-OH is 1. The van der Waals surface area contributed by atoms with E-state index >= 15 is 0 Å². The molecule has 5 atom stereocenters. The molecular weight excluding hydrogens is 660 g/mol. The van der Waals surface area contributed by atoms with Crippen LogP contribution in [-0.4, -0.2) is 79.2 Å². The van der Waals surface area contributed by atoms with Crippen molar-refractivity contribution in [2.75, 3.05) is 36.0 Å². The zero-order valence-corrected chi connectivity index (χ0v) is 29.8. The third-order valence-electron chi connectivity index (χ3n) is 10.9. The zero-order chi connectivity index (χ0) is 34.7. The van der Waals surface area contributed by atoms with Gasteiger partial charge in [0.2, 0.25) is 11.8 Å². The van der Waals surface area contributed by atoms with Crippen LogP contribution >= 0.6 is 11.6 Å². The molecule has 258 valence electrons. The van der Waals surface area contributed by atoms with Crippen molar-refractivity contribution in [2.45, 2.75) is 69.2 Å². The summed E-state index contributed by atoms with van der Waals surface area (Å²) in [4.78, 5) is 58.5. The van der Waals surface area contributed by atoms with Gasteiger partial charge in [-0.3, -0.25) is 14.4 Å². The topological polar surface area (TPSA) is 123 Å². The van der Waals surface area contributed by atoms with Crippen LogP contribution in [0.25, 0.3) is 0 Å². The Morgan fingerprint density at radius 1 is 1.08 bits per heavy atom. The summed E-state index contributed by atoms with van der Waals surface area (Å²) in [5, 5.41) is 13.8. The summed E-state index contributed by atoms with van der Waals surface area (Å²) in [7, 11) is -3.03. The van der Waals surface area contributed by atoms with Gasteiger partial charge in [0.25, 0.3) is 5.91 Å². The minimum Gasteiger partial charge on any atom is -0.432 e. The third kappa shape index (κ3) is 5.90. The first-order chi connectivity index (χ1) is 23.4. The van der Waals surface area contributed by atoms with E-state index in [4.69, 9.17) is 16.3 Å². The number of rotatable bonds is 7. The molecule has 3 N–H and O–H groups in total. The number of piperazine rings is 1. The average molecular weight is 703 g/mol. The Bertz CT molecular complexity index is 1800. The van der Waals surface area contributed by atoms with E-state index in [0.717, 1.165) is 22.4 Å². The first kappa shape index (κ1) is 33.9. The number of carbonyl (C=O) groups is 3. The smallest absolute Gasteiger partial charge is 0.264 e. The molecule has 3 aromatic rings. The molecule has 10 nitrogen and oxygen atoms in total. The van der Waals surface area contributed by atoms with Crippen molar-refractivity contribution in [3.8, 4) is 0 Å². The molecule has 0 radical (unpaired) electrons. The van der Waals surface area contributed by atoms with Gasteiger partial charge in [0.1, 0.15) is 0 Å². The molecule has 0 saturated carbocycles. The molecule has 3 amide bonds. The number of benzene rings is 3. The number of anilines is 2. The summed E-state index contributed by atoms with van der Waals surface area (Å²) in [5.41, 5.74) is 3.18. The third-order valence-corrected chi connectivity index (χ3v) is 13.6. The Balaban J connectivity index is 1.21. The standard InChI is InChI=1S/C37H43ClN4O6Si/c1-23-35(49(2,3)47)32(18-33(44)41-21-26-9-5-4-8-25(26)16-29(41)22-43)48-37(23)30-17-27(38)11-12-31(30)42(36(37)46)20-24-7-6-10-28(15-24)40-14-13-39-19-34(40)45/h4-12,15,17,23,29,32,35,39,43,47H,13-14,16,18-22H2,1-3H3/t23-,29+,32+,35-,37+/m1/s1. The Morgan fingerprint density at radius 2 is 1.86 bits per heavy atom. The van der Waals surface area contributed by atoms with E-state index in [1.54, 1.807) is 26.8 Å². The number of aliphatic hydroxyl groups is 1. The summed E-state index contributed by atoms with van der Waals surface area (Å²) in [6.45, 7) is 7.60. The first-order valence-electron chi connectivity index (χ1n) is 17.0. The van der Waals surface area contributed by atoms with Gasteiger partial charge >= 0.3 is 0 Å². The van der Waals surface area contributed by atoms with Crippen LogP contribution < -0.4 is 15.1 Å². The van der Waals surface area contributed by atoms with Gasteiger partial charge in [-0.1, -0.05) is 54.9 Å². The van der Waals surface area contributed by atoms with Gasteiger partial charge in [-0.2, -0.15) is 0 Å². The molecule has 0 aliphatic carbocycles. The highest BCUT2D eigenvalue weighted by atomic mass is 35.5. The van der Waals surface area contributed by atoms with Crippen LogP contribution in [0.5, 0.6) is 0 Å². The van der Waals surface area contributed by atoms with Crippen molar-refractivity contribution in [1.29, 1.82) is 0 Å². The van der Waals surface area contributed by atoms with Crippen molar-refractivity contribution in [3.63, 3.8) is 0 Å². The quantitative estimate of drug-likeness (QED) is 0.319. The van der Waals surface area contributed by atoms with Crippen molar-refractivity contribution in [1.82, 2.24) is 10.2 Å². The molecule has 2 fully saturated rings. The maximum Gasteiger partial charge on any atom is 0.264 e. The van der Waals surface area contributed by atoms with Crippen molar-refractivity contribution >= 4 is 49.0 Å². The van der Waals surface area contributed by atoms with E-state index in [0.29, 0.717) is 42.3 Å². The Morgan fingerprint density at radius 3 is 2.59 bits per heavy atom. The van der Waals surface area contributed by atoms with Gasteiger partial charge in [-0.15, -0.1) is 0 Å². The highest BCUT2D eigenvalue weighted by molar-refractivity contribution is 6.71. The number of nitrogens with one attached hydrogen (secondary N) is 1. The molecule has 2 saturated heterocycles. The van der Waals surface area contributed by atoms with Gasteiger partial charge in [-0.25, -0.2) is 0 Å². The van der Waals surface area contributed by atoms with E-state index in [9.17, 15) is 24.3 Å². The number of fused-ring (bicyclic) bond motifs is 3. The lowest BCUT2D eigenvalue weighted by atomic mass is 9.82. The minimum absolute atomic E-state index is 0.00532. The van der Waals surface area contributed by atoms with E-state index in [1.807, 2.05) is 74.6 Å². The van der Waals surface area contributed by atoms with Gasteiger partial charge in [0.05, 0.1) is 44.0 Å². The minimum atomic E-state index is -3.03. The molecule has 1 spiro atoms. The first-order valence-corrected chi connectivity index (χ1v) is 20.4. The van der Waals surface area contributed by atoms with Gasteiger partial charge in [0, 0.05) is 47.4 Å². The van der Waals surface area contributed by atoms with E-state index in [2.05, 4.69) is 5.32 Å². The molecular formula is C37H43ClN4O6Si. The fourth-order valence-electron chi connectivity index (χ4n) is 8.62. The van der Waals surface area contributed by atoms with Gasteiger partial charge in [-0.05, 0) is 66.5 Å². The SMILES string of the molecule is C[C@@H]1[C@@H]([Si](C)(C)O)[C@H](CC(=O)N2Cc3ccccc3C[C@H]2CO)O[C@@]12C(=O)N(Cc1cccc(N3CCNCC3=O)c1)c1ccc(Cl)cc12. The van der Waals surface area contributed by atoms with Crippen LogP contribution in [-0.2, 0) is 44.2 Å². The summed E-state index contributed by atoms with van der Waals surface area (Å²) >= 11 is 6.58. The van der Waals surface area contributed by atoms with Crippen LogP contribution in [0.4, 0.5) is 11.4 Å². The highest BCUT2D eigenvalue weighted by Crippen LogP contribution is 2.60. The fraction of sp³-hybridized carbons (Fsp3) is 0.432. The number of ether oxygens (including phenoxy) is 1. The van der Waals surface area contributed by atoms with Crippen LogP contribution in [0, 0.1) is 5.92 Å². The second kappa shape index (κ2) is 12.9. The number of halogens is 1. The zero-order valence-electron chi connectivity index (χ0n) is 28.1. The molecule has 3 aromatic carbocycles. The molecule has 4 aliphatic rings. The maximum atomic E-state index is 14.9. The van der Waals surface area contributed by atoms with E-state index in [1.165, 1.54) is 0 Å². The lowest BCUT2D eigenvalue weighted by Crippen LogP contribution is -2.48. The molecule has 7 rings (SSSR count). The monoisotopic (exact) mass is 702 g/mol. The van der Waals surface area contributed by atoms with Gasteiger partial charge < -0.3 is 34.7 Å². The van der Waals surface area contributed by atoms with Crippen LogP contribution in [0.1, 0.15) is 35.6 Å². The Kier molecular flexibility index (Phi) is 8.96. The number of amides is 3. The Hall–Kier alpha value is -3.58. The molecule has 0 aromatic heterocycles. The van der Waals surface area contributed by atoms with Gasteiger partial charge in [0.15, 0.2) is 13.9 Å². The molecule has 49 heavy (non-hydrogen) atoms.